The van der Waals surface area contributed by atoms with Crippen molar-refractivity contribution in [3.8, 4) is 34.2 Å². The molecular formula is C27H19N3O. The Balaban J connectivity index is 1.60. The number of rotatable bonds is 3. The quantitative estimate of drug-likeness (QED) is 0.343. The van der Waals surface area contributed by atoms with Crippen LogP contribution in [0.15, 0.2) is 89.4 Å². The van der Waals surface area contributed by atoms with Gasteiger partial charge in [0.15, 0.2) is 17.5 Å². The predicted octanol–water partition coefficient (Wildman–Crippen LogP) is 6.58. The Labute approximate surface area is 180 Å². The fourth-order valence-corrected chi connectivity index (χ4v) is 4.08. The lowest BCUT2D eigenvalue weighted by molar-refractivity contribution is 0.547. The van der Waals surface area contributed by atoms with Crippen molar-refractivity contribution in [2.24, 2.45) is 0 Å². The van der Waals surface area contributed by atoms with Gasteiger partial charge in [-0.3, -0.25) is 0 Å². The third kappa shape index (κ3) is 3.13. The van der Waals surface area contributed by atoms with Crippen LogP contribution in [0, 0.1) is 0 Å². The van der Waals surface area contributed by atoms with E-state index in [1.807, 2.05) is 72.8 Å². The van der Waals surface area contributed by atoms with Crippen molar-refractivity contribution >= 4 is 17.0 Å². The fourth-order valence-electron chi connectivity index (χ4n) is 4.08. The van der Waals surface area contributed by atoms with Gasteiger partial charge in [0.05, 0.1) is 5.56 Å². The summed E-state index contributed by atoms with van der Waals surface area (Å²) in [6.45, 7) is 0. The van der Waals surface area contributed by atoms with Gasteiger partial charge in [0.2, 0.25) is 0 Å². The average molecular weight is 401 g/mol. The Morgan fingerprint density at radius 1 is 0.645 bits per heavy atom. The number of nitrogens with zero attached hydrogens (tertiary/aromatic N) is 3. The summed E-state index contributed by atoms with van der Waals surface area (Å²) in [5.74, 6) is 2.95. The van der Waals surface area contributed by atoms with Crippen molar-refractivity contribution in [1.29, 1.82) is 0 Å². The zero-order valence-electron chi connectivity index (χ0n) is 16.8. The second-order valence-electron chi connectivity index (χ2n) is 7.60. The number of para-hydroxylation sites is 1. The lowest BCUT2D eigenvalue weighted by atomic mass is 10.0. The van der Waals surface area contributed by atoms with E-state index in [-0.39, 0.29) is 0 Å². The smallest absolute Gasteiger partial charge is 0.167 e. The molecule has 0 amide bonds. The maximum atomic E-state index is 6.32. The number of hydrogen-bond acceptors (Lipinski definition) is 4. The molecule has 2 heterocycles. The number of aromatic nitrogens is 3. The van der Waals surface area contributed by atoms with Crippen LogP contribution in [0.5, 0.6) is 0 Å². The lowest BCUT2D eigenvalue weighted by Gasteiger charge is -2.08. The molecular weight excluding hydrogens is 382 g/mol. The van der Waals surface area contributed by atoms with Gasteiger partial charge in [0.25, 0.3) is 0 Å². The summed E-state index contributed by atoms with van der Waals surface area (Å²) in [6, 6.07) is 26.2. The highest BCUT2D eigenvalue weighted by molar-refractivity contribution is 5.97. The first kappa shape index (κ1) is 17.8. The molecule has 0 spiro atoms. The minimum Gasteiger partial charge on any atom is -0.460 e. The molecule has 0 atom stereocenters. The van der Waals surface area contributed by atoms with E-state index in [4.69, 9.17) is 19.4 Å². The third-order valence-electron chi connectivity index (χ3n) is 5.59. The molecule has 0 saturated carbocycles. The third-order valence-corrected chi connectivity index (χ3v) is 5.59. The molecule has 148 valence electrons. The maximum Gasteiger partial charge on any atom is 0.167 e. The average Bonchev–Trinajstić information content (AvgIpc) is 3.24. The zero-order valence-corrected chi connectivity index (χ0v) is 16.8. The molecule has 0 unspecified atom stereocenters. The summed E-state index contributed by atoms with van der Waals surface area (Å²) >= 11 is 0. The molecule has 0 bridgehead atoms. The van der Waals surface area contributed by atoms with Gasteiger partial charge < -0.3 is 4.42 Å². The van der Waals surface area contributed by atoms with Crippen LogP contribution >= 0.6 is 0 Å². The Bertz CT molecular complexity index is 1360. The van der Waals surface area contributed by atoms with Crippen LogP contribution in [0.2, 0.25) is 0 Å². The molecule has 31 heavy (non-hydrogen) atoms. The second-order valence-corrected chi connectivity index (χ2v) is 7.60. The van der Waals surface area contributed by atoms with E-state index < -0.39 is 0 Å². The molecule has 0 radical (unpaired) electrons. The van der Waals surface area contributed by atoms with Crippen molar-refractivity contribution in [2.45, 2.75) is 12.8 Å². The Morgan fingerprint density at radius 3 is 1.97 bits per heavy atom. The fraction of sp³-hybridized carbons (Fsp3) is 0.0741. The minimum absolute atomic E-state index is 0.619. The van der Waals surface area contributed by atoms with Crippen molar-refractivity contribution in [1.82, 2.24) is 15.0 Å². The monoisotopic (exact) mass is 401 g/mol. The first-order chi connectivity index (χ1) is 15.4. The van der Waals surface area contributed by atoms with Gasteiger partial charge >= 0.3 is 0 Å². The van der Waals surface area contributed by atoms with Gasteiger partial charge in [0, 0.05) is 28.5 Å². The molecule has 2 aromatic heterocycles. The largest absolute Gasteiger partial charge is 0.460 e. The number of fused-ring (bicyclic) bond motifs is 3. The van der Waals surface area contributed by atoms with Crippen molar-refractivity contribution in [3.05, 3.63) is 96.3 Å². The summed E-state index contributed by atoms with van der Waals surface area (Å²) in [7, 11) is 0. The Hall–Kier alpha value is -4.05. The van der Waals surface area contributed by atoms with E-state index in [1.54, 1.807) is 0 Å². The van der Waals surface area contributed by atoms with Gasteiger partial charge in [-0.1, -0.05) is 84.9 Å². The van der Waals surface area contributed by atoms with Crippen LogP contribution in [0.3, 0.4) is 0 Å². The molecule has 4 heteroatoms. The SMILES string of the molecule is C1=Cc2c(oc3c(-c4nc(-c5ccccc5)nc(-c5ccccc5)n4)cccc23)CC1. The summed E-state index contributed by atoms with van der Waals surface area (Å²) in [6.07, 6.45) is 6.28. The van der Waals surface area contributed by atoms with Crippen LogP contribution in [0.1, 0.15) is 17.7 Å². The molecule has 0 N–H and O–H groups in total. The molecule has 4 nitrogen and oxygen atoms in total. The molecule has 5 aromatic rings. The molecule has 0 fully saturated rings. The van der Waals surface area contributed by atoms with Crippen LogP contribution in [-0.4, -0.2) is 15.0 Å². The van der Waals surface area contributed by atoms with Crippen LogP contribution in [0.25, 0.3) is 51.2 Å². The molecule has 0 aliphatic heterocycles. The van der Waals surface area contributed by atoms with E-state index in [1.165, 1.54) is 5.56 Å². The van der Waals surface area contributed by atoms with Gasteiger partial charge in [-0.05, 0) is 12.5 Å². The molecule has 1 aliphatic carbocycles. The van der Waals surface area contributed by atoms with Gasteiger partial charge in [0.1, 0.15) is 11.3 Å². The summed E-state index contributed by atoms with van der Waals surface area (Å²) in [5.41, 5.74) is 4.80. The first-order valence-electron chi connectivity index (χ1n) is 10.4. The number of furan rings is 1. The standard InChI is InChI=1S/C27H19N3O/c1-3-10-18(11-4-1)25-28-26(19-12-5-2-6-13-19)30-27(29-25)22-16-9-15-21-20-14-7-8-17-23(20)31-24(21)22/h1-7,9-16H,8,17H2. The maximum absolute atomic E-state index is 6.32. The summed E-state index contributed by atoms with van der Waals surface area (Å²) in [5, 5.41) is 1.10. The number of allylic oxidation sites excluding steroid dienone is 1. The van der Waals surface area contributed by atoms with E-state index in [2.05, 4.69) is 18.2 Å². The van der Waals surface area contributed by atoms with E-state index in [0.717, 1.165) is 46.3 Å². The van der Waals surface area contributed by atoms with Crippen LogP contribution in [-0.2, 0) is 6.42 Å². The number of aryl methyl sites for hydroxylation is 1. The van der Waals surface area contributed by atoms with Crippen molar-refractivity contribution in [2.75, 3.05) is 0 Å². The topological polar surface area (TPSA) is 51.8 Å². The highest BCUT2D eigenvalue weighted by Gasteiger charge is 2.20. The lowest BCUT2D eigenvalue weighted by Crippen LogP contribution is -2.00. The Morgan fingerprint density at radius 2 is 1.29 bits per heavy atom. The minimum atomic E-state index is 0.619. The van der Waals surface area contributed by atoms with Crippen molar-refractivity contribution < 1.29 is 4.42 Å². The van der Waals surface area contributed by atoms with Gasteiger partial charge in [-0.15, -0.1) is 0 Å². The zero-order chi connectivity index (χ0) is 20.6. The highest BCUT2D eigenvalue weighted by atomic mass is 16.3. The molecule has 6 rings (SSSR count). The predicted molar refractivity (Wildman–Crippen MR) is 123 cm³/mol. The Kier molecular flexibility index (Phi) is 4.20. The summed E-state index contributed by atoms with van der Waals surface area (Å²) in [4.78, 5) is 14.5. The van der Waals surface area contributed by atoms with Crippen molar-refractivity contribution in [3.63, 3.8) is 0 Å². The number of hydrogen-bond donors (Lipinski definition) is 0. The number of benzene rings is 3. The van der Waals surface area contributed by atoms with E-state index >= 15 is 0 Å². The second kappa shape index (κ2) is 7.33. The molecule has 3 aromatic carbocycles. The van der Waals surface area contributed by atoms with E-state index in [0.29, 0.717) is 17.5 Å². The molecule has 1 aliphatic rings. The van der Waals surface area contributed by atoms with Crippen LogP contribution in [0.4, 0.5) is 0 Å². The first-order valence-corrected chi connectivity index (χ1v) is 10.4. The normalized spacial score (nSPS) is 12.8. The summed E-state index contributed by atoms with van der Waals surface area (Å²) < 4.78 is 6.32. The van der Waals surface area contributed by atoms with E-state index in [9.17, 15) is 0 Å². The van der Waals surface area contributed by atoms with Gasteiger partial charge in [-0.2, -0.15) is 0 Å². The van der Waals surface area contributed by atoms with Gasteiger partial charge in [-0.25, -0.2) is 15.0 Å². The molecule has 0 saturated heterocycles. The highest BCUT2D eigenvalue weighted by Crippen LogP contribution is 2.36. The van der Waals surface area contributed by atoms with Crippen LogP contribution < -0.4 is 0 Å².